The third-order valence-corrected chi connectivity index (χ3v) is 2.91. The molecular formula is C15H12F3N3. The van der Waals surface area contributed by atoms with Crippen LogP contribution in [0.5, 0.6) is 0 Å². The summed E-state index contributed by atoms with van der Waals surface area (Å²) in [7, 11) is 0. The molecule has 2 aromatic carbocycles. The lowest BCUT2D eigenvalue weighted by molar-refractivity contribution is -0.136. The fraction of sp³-hybridized carbons (Fsp3) is 0.133. The van der Waals surface area contributed by atoms with Gasteiger partial charge in [0.2, 0.25) is 0 Å². The number of alkyl halides is 3. The number of hydrogen-bond acceptors (Lipinski definition) is 3. The van der Waals surface area contributed by atoms with Gasteiger partial charge >= 0.3 is 6.18 Å². The highest BCUT2D eigenvalue weighted by molar-refractivity contribution is 5.58. The molecular weight excluding hydrogens is 279 g/mol. The number of benzene rings is 2. The fourth-order valence-electron chi connectivity index (χ4n) is 1.87. The summed E-state index contributed by atoms with van der Waals surface area (Å²) < 4.78 is 38.2. The van der Waals surface area contributed by atoms with Crippen LogP contribution in [0.4, 0.5) is 24.5 Å². The molecule has 2 aromatic rings. The van der Waals surface area contributed by atoms with Crippen LogP contribution in [0.1, 0.15) is 16.7 Å². The highest BCUT2D eigenvalue weighted by atomic mass is 19.4. The summed E-state index contributed by atoms with van der Waals surface area (Å²) in [5.41, 5.74) is 5.79. The standard InChI is InChI=1S/C15H12F3N3/c16-15(17,18)13-7-12(4-5-14(13)20)21-9-11-3-1-2-10(6-11)8-19/h1-7,21H,9,20H2. The smallest absolute Gasteiger partial charge is 0.398 e. The molecule has 2 rings (SSSR count). The van der Waals surface area contributed by atoms with E-state index in [0.717, 1.165) is 11.6 Å². The van der Waals surface area contributed by atoms with Gasteiger partial charge in [-0.3, -0.25) is 0 Å². The van der Waals surface area contributed by atoms with Gasteiger partial charge in [0.15, 0.2) is 0 Å². The van der Waals surface area contributed by atoms with Crippen LogP contribution in [0, 0.1) is 11.3 Å². The van der Waals surface area contributed by atoms with Gasteiger partial charge in [-0.15, -0.1) is 0 Å². The zero-order chi connectivity index (χ0) is 15.5. The SMILES string of the molecule is N#Cc1cccc(CNc2ccc(N)c(C(F)(F)F)c2)c1. The third kappa shape index (κ3) is 3.66. The zero-order valence-corrected chi connectivity index (χ0v) is 10.9. The first kappa shape index (κ1) is 14.7. The van der Waals surface area contributed by atoms with E-state index in [-0.39, 0.29) is 5.69 Å². The lowest BCUT2D eigenvalue weighted by atomic mass is 10.1. The quantitative estimate of drug-likeness (QED) is 0.846. The average Bonchev–Trinajstić information content (AvgIpc) is 2.45. The first-order chi connectivity index (χ1) is 9.90. The first-order valence-electron chi connectivity index (χ1n) is 6.10. The number of halogens is 3. The molecule has 3 N–H and O–H groups in total. The van der Waals surface area contributed by atoms with Gasteiger partial charge in [0.05, 0.1) is 17.2 Å². The van der Waals surface area contributed by atoms with Crippen molar-refractivity contribution in [2.24, 2.45) is 0 Å². The van der Waals surface area contributed by atoms with Gasteiger partial charge < -0.3 is 11.1 Å². The Morgan fingerprint density at radius 1 is 1.14 bits per heavy atom. The van der Waals surface area contributed by atoms with E-state index in [2.05, 4.69) is 5.32 Å². The van der Waals surface area contributed by atoms with Crippen molar-refractivity contribution in [3.05, 3.63) is 59.2 Å². The normalized spacial score (nSPS) is 11.0. The molecule has 0 radical (unpaired) electrons. The Morgan fingerprint density at radius 2 is 1.90 bits per heavy atom. The van der Waals surface area contributed by atoms with Gasteiger partial charge in [0, 0.05) is 17.9 Å². The van der Waals surface area contributed by atoms with Crippen LogP contribution in [0.3, 0.4) is 0 Å². The summed E-state index contributed by atoms with van der Waals surface area (Å²) in [6.07, 6.45) is -4.48. The fourth-order valence-corrected chi connectivity index (χ4v) is 1.87. The lowest BCUT2D eigenvalue weighted by Gasteiger charge is -2.13. The molecule has 0 saturated heterocycles. The molecule has 0 aliphatic rings. The second-order valence-electron chi connectivity index (χ2n) is 4.47. The van der Waals surface area contributed by atoms with Gasteiger partial charge in [0.25, 0.3) is 0 Å². The van der Waals surface area contributed by atoms with E-state index in [1.54, 1.807) is 24.3 Å². The Labute approximate surface area is 119 Å². The van der Waals surface area contributed by atoms with Gasteiger partial charge in [-0.05, 0) is 35.9 Å². The van der Waals surface area contributed by atoms with Crippen molar-refractivity contribution in [3.8, 4) is 6.07 Å². The monoisotopic (exact) mass is 291 g/mol. The van der Waals surface area contributed by atoms with E-state index in [4.69, 9.17) is 11.0 Å². The minimum absolute atomic E-state index is 0.306. The Morgan fingerprint density at radius 3 is 2.57 bits per heavy atom. The van der Waals surface area contributed by atoms with E-state index in [9.17, 15) is 13.2 Å². The summed E-state index contributed by atoms with van der Waals surface area (Å²) in [6.45, 7) is 0.316. The topological polar surface area (TPSA) is 61.8 Å². The molecule has 0 aliphatic carbocycles. The molecule has 0 amide bonds. The molecule has 6 heteroatoms. The van der Waals surface area contributed by atoms with Crippen molar-refractivity contribution < 1.29 is 13.2 Å². The molecule has 0 saturated carbocycles. The molecule has 0 aromatic heterocycles. The molecule has 0 spiro atoms. The van der Waals surface area contributed by atoms with Gasteiger partial charge in [-0.1, -0.05) is 12.1 Å². The Balaban J connectivity index is 2.15. The van der Waals surface area contributed by atoms with Crippen LogP contribution in [-0.4, -0.2) is 0 Å². The predicted molar refractivity (Wildman–Crippen MR) is 74.3 cm³/mol. The van der Waals surface area contributed by atoms with Crippen molar-refractivity contribution in [1.82, 2.24) is 0 Å². The molecule has 21 heavy (non-hydrogen) atoms. The molecule has 0 heterocycles. The van der Waals surface area contributed by atoms with E-state index in [0.29, 0.717) is 17.8 Å². The lowest BCUT2D eigenvalue weighted by Crippen LogP contribution is -2.10. The molecule has 3 nitrogen and oxygen atoms in total. The van der Waals surface area contributed by atoms with Crippen LogP contribution < -0.4 is 11.1 Å². The van der Waals surface area contributed by atoms with Crippen molar-refractivity contribution in [2.75, 3.05) is 11.1 Å². The summed E-state index contributed by atoms with van der Waals surface area (Å²) in [6, 6.07) is 12.5. The van der Waals surface area contributed by atoms with Crippen molar-refractivity contribution in [1.29, 1.82) is 5.26 Å². The van der Waals surface area contributed by atoms with Crippen molar-refractivity contribution in [2.45, 2.75) is 12.7 Å². The van der Waals surface area contributed by atoms with E-state index in [1.807, 2.05) is 6.07 Å². The molecule has 108 valence electrons. The molecule has 0 aliphatic heterocycles. The van der Waals surface area contributed by atoms with Crippen LogP contribution in [0.25, 0.3) is 0 Å². The Bertz CT molecular complexity index is 687. The number of nitrogens with one attached hydrogen (secondary N) is 1. The Hall–Kier alpha value is -2.68. The highest BCUT2D eigenvalue weighted by Gasteiger charge is 2.33. The van der Waals surface area contributed by atoms with Crippen LogP contribution in [0.2, 0.25) is 0 Å². The first-order valence-corrected chi connectivity index (χ1v) is 6.10. The van der Waals surface area contributed by atoms with Crippen molar-refractivity contribution >= 4 is 11.4 Å². The molecule has 0 unspecified atom stereocenters. The number of hydrogen-bond donors (Lipinski definition) is 2. The second kappa shape index (κ2) is 5.75. The molecule has 0 fully saturated rings. The van der Waals surface area contributed by atoms with Gasteiger partial charge in [0.1, 0.15) is 0 Å². The minimum Gasteiger partial charge on any atom is -0.398 e. The van der Waals surface area contributed by atoms with E-state index < -0.39 is 11.7 Å². The number of nitrogen functional groups attached to an aromatic ring is 1. The summed E-state index contributed by atoms with van der Waals surface area (Å²) >= 11 is 0. The number of nitriles is 1. The van der Waals surface area contributed by atoms with Gasteiger partial charge in [-0.25, -0.2) is 0 Å². The van der Waals surface area contributed by atoms with E-state index in [1.165, 1.54) is 12.1 Å². The summed E-state index contributed by atoms with van der Waals surface area (Å²) in [5.74, 6) is 0. The van der Waals surface area contributed by atoms with Crippen LogP contribution in [0.15, 0.2) is 42.5 Å². The molecule has 0 atom stereocenters. The van der Waals surface area contributed by atoms with Crippen LogP contribution >= 0.6 is 0 Å². The van der Waals surface area contributed by atoms with Gasteiger partial charge in [-0.2, -0.15) is 18.4 Å². The average molecular weight is 291 g/mol. The predicted octanol–water partition coefficient (Wildman–Crippen LogP) is 3.77. The third-order valence-electron chi connectivity index (χ3n) is 2.91. The summed E-state index contributed by atoms with van der Waals surface area (Å²) in [5, 5.41) is 11.7. The maximum Gasteiger partial charge on any atom is 0.418 e. The number of rotatable bonds is 3. The van der Waals surface area contributed by atoms with E-state index >= 15 is 0 Å². The Kier molecular flexibility index (Phi) is 4.03. The number of nitrogens with two attached hydrogens (primary N) is 1. The summed E-state index contributed by atoms with van der Waals surface area (Å²) in [4.78, 5) is 0. The minimum atomic E-state index is -4.48. The number of nitrogens with zero attached hydrogens (tertiary/aromatic N) is 1. The number of anilines is 2. The van der Waals surface area contributed by atoms with Crippen molar-refractivity contribution in [3.63, 3.8) is 0 Å². The largest absolute Gasteiger partial charge is 0.418 e. The highest BCUT2D eigenvalue weighted by Crippen LogP contribution is 2.35. The zero-order valence-electron chi connectivity index (χ0n) is 10.9. The maximum absolute atomic E-state index is 12.7. The van der Waals surface area contributed by atoms with Crippen LogP contribution in [-0.2, 0) is 12.7 Å². The second-order valence-corrected chi connectivity index (χ2v) is 4.47. The molecule has 0 bridgehead atoms. The maximum atomic E-state index is 12.7.